The van der Waals surface area contributed by atoms with Crippen LogP contribution in [0.15, 0.2) is 53.4 Å². The average Bonchev–Trinajstić information content (AvgIpc) is 2.53. The van der Waals surface area contributed by atoms with E-state index in [1.54, 1.807) is 19.2 Å². The van der Waals surface area contributed by atoms with Crippen molar-refractivity contribution in [3.8, 4) is 5.75 Å². The Morgan fingerprint density at radius 3 is 2.61 bits per heavy atom. The van der Waals surface area contributed by atoms with Crippen LogP contribution in [0.1, 0.15) is 6.92 Å². The van der Waals surface area contributed by atoms with Crippen molar-refractivity contribution in [3.63, 3.8) is 0 Å². The van der Waals surface area contributed by atoms with Crippen molar-refractivity contribution in [2.45, 2.75) is 11.8 Å². The molecule has 0 aliphatic heterocycles. The summed E-state index contributed by atoms with van der Waals surface area (Å²) in [6.07, 6.45) is 0. The molecule has 0 bridgehead atoms. The first-order valence-corrected chi connectivity index (χ1v) is 8.00. The molecule has 0 aromatic heterocycles. The van der Waals surface area contributed by atoms with Crippen LogP contribution in [-0.2, 0) is 9.59 Å². The van der Waals surface area contributed by atoms with E-state index in [2.05, 4.69) is 10.6 Å². The molecule has 0 unspecified atom stereocenters. The minimum Gasteiger partial charge on any atom is -0.497 e. The lowest BCUT2D eigenvalue weighted by molar-refractivity contribution is -0.114. The SMILES string of the molecule is COc1cccc(NC(=O)CSc2ccccc2NC(C)=O)c1. The number of methoxy groups -OCH3 is 1. The van der Waals surface area contributed by atoms with Crippen LogP contribution in [0, 0.1) is 0 Å². The zero-order chi connectivity index (χ0) is 16.7. The highest BCUT2D eigenvalue weighted by Gasteiger charge is 2.08. The maximum atomic E-state index is 12.1. The summed E-state index contributed by atoms with van der Waals surface area (Å²) < 4.78 is 5.12. The molecule has 0 radical (unpaired) electrons. The lowest BCUT2D eigenvalue weighted by atomic mass is 10.3. The van der Waals surface area contributed by atoms with Gasteiger partial charge < -0.3 is 15.4 Å². The Morgan fingerprint density at radius 2 is 1.87 bits per heavy atom. The van der Waals surface area contributed by atoms with Crippen LogP contribution < -0.4 is 15.4 Å². The van der Waals surface area contributed by atoms with Crippen LogP contribution in [-0.4, -0.2) is 24.7 Å². The zero-order valence-electron chi connectivity index (χ0n) is 13.0. The Hall–Kier alpha value is -2.47. The fourth-order valence-electron chi connectivity index (χ4n) is 1.93. The van der Waals surface area contributed by atoms with Gasteiger partial charge in [0.15, 0.2) is 0 Å². The van der Waals surface area contributed by atoms with E-state index < -0.39 is 0 Å². The monoisotopic (exact) mass is 330 g/mol. The van der Waals surface area contributed by atoms with Gasteiger partial charge in [0.25, 0.3) is 0 Å². The number of rotatable bonds is 6. The first-order chi connectivity index (χ1) is 11.1. The Kier molecular flexibility index (Phi) is 6.05. The van der Waals surface area contributed by atoms with Gasteiger partial charge in [0, 0.05) is 23.6 Å². The van der Waals surface area contributed by atoms with E-state index in [1.807, 2.05) is 36.4 Å². The summed E-state index contributed by atoms with van der Waals surface area (Å²) in [5.74, 6) is 0.666. The molecule has 0 spiro atoms. The van der Waals surface area contributed by atoms with Gasteiger partial charge in [0.1, 0.15) is 5.75 Å². The van der Waals surface area contributed by atoms with Crippen molar-refractivity contribution < 1.29 is 14.3 Å². The highest BCUT2D eigenvalue weighted by molar-refractivity contribution is 8.00. The molecule has 0 aliphatic carbocycles. The summed E-state index contributed by atoms with van der Waals surface area (Å²) in [5, 5.41) is 5.57. The molecule has 2 aromatic rings. The molecule has 0 fully saturated rings. The molecule has 2 N–H and O–H groups in total. The van der Waals surface area contributed by atoms with Gasteiger partial charge in [-0.3, -0.25) is 9.59 Å². The summed E-state index contributed by atoms with van der Waals surface area (Å²) >= 11 is 1.37. The van der Waals surface area contributed by atoms with Gasteiger partial charge in [0.2, 0.25) is 11.8 Å². The number of benzene rings is 2. The lowest BCUT2D eigenvalue weighted by Gasteiger charge is -2.10. The highest BCUT2D eigenvalue weighted by atomic mass is 32.2. The third-order valence-electron chi connectivity index (χ3n) is 2.91. The molecule has 120 valence electrons. The summed E-state index contributed by atoms with van der Waals surface area (Å²) in [4.78, 5) is 24.1. The van der Waals surface area contributed by atoms with Gasteiger partial charge in [-0.25, -0.2) is 0 Å². The number of carbonyl (C=O) groups excluding carboxylic acids is 2. The van der Waals surface area contributed by atoms with Crippen molar-refractivity contribution in [1.82, 2.24) is 0 Å². The van der Waals surface area contributed by atoms with Gasteiger partial charge in [-0.05, 0) is 24.3 Å². The Bertz CT molecular complexity index is 704. The van der Waals surface area contributed by atoms with E-state index >= 15 is 0 Å². The first-order valence-electron chi connectivity index (χ1n) is 7.02. The van der Waals surface area contributed by atoms with E-state index in [1.165, 1.54) is 18.7 Å². The predicted molar refractivity (Wildman–Crippen MR) is 93.1 cm³/mol. The molecule has 0 saturated carbocycles. The highest BCUT2D eigenvalue weighted by Crippen LogP contribution is 2.27. The molecule has 5 nitrogen and oxygen atoms in total. The van der Waals surface area contributed by atoms with Gasteiger partial charge in [-0.1, -0.05) is 18.2 Å². The normalized spacial score (nSPS) is 10.0. The average molecular weight is 330 g/mol. The van der Waals surface area contributed by atoms with Gasteiger partial charge in [0.05, 0.1) is 18.6 Å². The molecule has 0 saturated heterocycles. The van der Waals surface area contributed by atoms with Crippen molar-refractivity contribution in [1.29, 1.82) is 0 Å². The third-order valence-corrected chi connectivity index (χ3v) is 3.98. The maximum Gasteiger partial charge on any atom is 0.234 e. The Balaban J connectivity index is 1.95. The number of hydrogen-bond acceptors (Lipinski definition) is 4. The van der Waals surface area contributed by atoms with Gasteiger partial charge in [-0.2, -0.15) is 0 Å². The molecule has 0 heterocycles. The van der Waals surface area contributed by atoms with Crippen molar-refractivity contribution in [2.24, 2.45) is 0 Å². The van der Waals surface area contributed by atoms with Gasteiger partial charge >= 0.3 is 0 Å². The van der Waals surface area contributed by atoms with E-state index in [9.17, 15) is 9.59 Å². The predicted octanol–water partition coefficient (Wildman–Crippen LogP) is 3.38. The molecule has 6 heteroatoms. The molecule has 0 aliphatic rings. The second-order valence-corrected chi connectivity index (χ2v) is 5.76. The molecule has 2 aromatic carbocycles. The van der Waals surface area contributed by atoms with Crippen LogP contribution >= 0.6 is 11.8 Å². The second kappa shape index (κ2) is 8.24. The number of carbonyl (C=O) groups is 2. The van der Waals surface area contributed by atoms with Crippen LogP contribution in [0.3, 0.4) is 0 Å². The van der Waals surface area contributed by atoms with Crippen LogP contribution in [0.25, 0.3) is 0 Å². The smallest absolute Gasteiger partial charge is 0.234 e. The molecule has 0 atom stereocenters. The largest absolute Gasteiger partial charge is 0.497 e. The quantitative estimate of drug-likeness (QED) is 0.797. The summed E-state index contributed by atoms with van der Waals surface area (Å²) in [5.41, 5.74) is 1.39. The fourth-order valence-corrected chi connectivity index (χ4v) is 2.73. The first kappa shape index (κ1) is 16.9. The molecular weight excluding hydrogens is 312 g/mol. The fraction of sp³-hybridized carbons (Fsp3) is 0.176. The van der Waals surface area contributed by atoms with Crippen LogP contribution in [0.4, 0.5) is 11.4 Å². The maximum absolute atomic E-state index is 12.1. The summed E-state index contributed by atoms with van der Waals surface area (Å²) in [7, 11) is 1.58. The minimum absolute atomic E-state index is 0.124. The number of thioether (sulfide) groups is 1. The van der Waals surface area contributed by atoms with E-state index in [0.717, 1.165) is 4.90 Å². The van der Waals surface area contributed by atoms with Crippen molar-refractivity contribution >= 4 is 35.0 Å². The number of ether oxygens (including phenoxy) is 1. The summed E-state index contributed by atoms with van der Waals surface area (Å²) in [6.45, 7) is 1.46. The van der Waals surface area contributed by atoms with Crippen molar-refractivity contribution in [2.75, 3.05) is 23.5 Å². The number of anilines is 2. The van der Waals surface area contributed by atoms with Crippen molar-refractivity contribution in [3.05, 3.63) is 48.5 Å². The summed E-state index contributed by atoms with van der Waals surface area (Å²) in [6, 6.07) is 14.6. The number of amides is 2. The topological polar surface area (TPSA) is 67.4 Å². The number of para-hydroxylation sites is 1. The minimum atomic E-state index is -0.140. The van der Waals surface area contributed by atoms with E-state index in [-0.39, 0.29) is 17.6 Å². The Morgan fingerprint density at radius 1 is 1.09 bits per heavy atom. The lowest BCUT2D eigenvalue weighted by Crippen LogP contribution is -2.14. The Labute approximate surface area is 139 Å². The second-order valence-electron chi connectivity index (χ2n) is 4.75. The standard InChI is InChI=1S/C17H18N2O3S/c1-12(20)18-15-8-3-4-9-16(15)23-11-17(21)19-13-6-5-7-14(10-13)22-2/h3-10H,11H2,1-2H3,(H,18,20)(H,19,21). The third kappa shape index (κ3) is 5.34. The number of hydrogen-bond donors (Lipinski definition) is 2. The number of nitrogens with one attached hydrogen (secondary N) is 2. The molecular formula is C17H18N2O3S. The van der Waals surface area contributed by atoms with Crippen LogP contribution in [0.5, 0.6) is 5.75 Å². The van der Waals surface area contributed by atoms with E-state index in [4.69, 9.17) is 4.74 Å². The molecule has 23 heavy (non-hydrogen) atoms. The molecule has 2 amide bonds. The molecule has 2 rings (SSSR count). The van der Waals surface area contributed by atoms with E-state index in [0.29, 0.717) is 17.1 Å². The van der Waals surface area contributed by atoms with Gasteiger partial charge in [-0.15, -0.1) is 11.8 Å². The zero-order valence-corrected chi connectivity index (χ0v) is 13.8. The van der Waals surface area contributed by atoms with Crippen LogP contribution in [0.2, 0.25) is 0 Å².